The van der Waals surface area contributed by atoms with Crippen molar-refractivity contribution in [3.8, 4) is 0 Å². The Bertz CT molecular complexity index is 1250. The van der Waals surface area contributed by atoms with Gasteiger partial charge in [0.05, 0.1) is 7.11 Å². The van der Waals surface area contributed by atoms with Gasteiger partial charge in [0.25, 0.3) is 0 Å². The third-order valence-electron chi connectivity index (χ3n) is 5.36. The maximum atomic E-state index is 12.6. The average Bonchev–Trinajstić information content (AvgIpc) is 3.40. The third-order valence-corrected chi connectivity index (χ3v) is 5.36. The van der Waals surface area contributed by atoms with Crippen LogP contribution < -0.4 is 10.6 Å². The van der Waals surface area contributed by atoms with Gasteiger partial charge in [-0.2, -0.15) is 0 Å². The van der Waals surface area contributed by atoms with Crippen LogP contribution in [0.15, 0.2) is 95.4 Å². The SMILES string of the molecule is COC(=O)[C@@H](Nc1nnc([C@H](Cc2ccccc2)NC(=O)OCc2ccccc2)o1)c1ccccc1. The largest absolute Gasteiger partial charge is 0.467 e. The summed E-state index contributed by atoms with van der Waals surface area (Å²) in [7, 11) is 1.31. The predicted octanol–water partition coefficient (Wildman–Crippen LogP) is 4.61. The molecular weight excluding hydrogens is 460 g/mol. The number of anilines is 1. The number of nitrogens with zero attached hydrogens (tertiary/aromatic N) is 2. The third kappa shape index (κ3) is 6.69. The number of aromatic nitrogens is 2. The molecule has 3 aromatic carbocycles. The summed E-state index contributed by atoms with van der Waals surface area (Å²) in [6.45, 7) is 0.124. The number of hydrogen-bond donors (Lipinski definition) is 2. The minimum absolute atomic E-state index is 0.0155. The van der Waals surface area contributed by atoms with Crippen molar-refractivity contribution in [3.63, 3.8) is 0 Å². The molecule has 0 saturated carbocycles. The van der Waals surface area contributed by atoms with Gasteiger partial charge in [0.15, 0.2) is 6.04 Å². The second kappa shape index (κ2) is 12.2. The normalized spacial score (nSPS) is 12.2. The summed E-state index contributed by atoms with van der Waals surface area (Å²) in [6.07, 6.45) is -0.230. The van der Waals surface area contributed by atoms with Crippen LogP contribution in [0.4, 0.5) is 10.8 Å². The molecule has 0 saturated heterocycles. The van der Waals surface area contributed by atoms with Crippen molar-refractivity contribution in [1.82, 2.24) is 15.5 Å². The summed E-state index contributed by atoms with van der Waals surface area (Å²) < 4.78 is 16.1. The Morgan fingerprint density at radius 2 is 1.47 bits per heavy atom. The molecule has 2 N–H and O–H groups in total. The van der Waals surface area contributed by atoms with Crippen molar-refractivity contribution in [2.75, 3.05) is 12.4 Å². The smallest absolute Gasteiger partial charge is 0.408 e. The van der Waals surface area contributed by atoms with Crippen LogP contribution in [0, 0.1) is 0 Å². The fraction of sp³-hybridized carbons (Fsp3) is 0.185. The number of carbonyl (C=O) groups excluding carboxylic acids is 2. The van der Waals surface area contributed by atoms with Crippen LogP contribution in [-0.2, 0) is 27.3 Å². The number of ether oxygens (including phenoxy) is 2. The molecule has 9 nitrogen and oxygen atoms in total. The number of carbonyl (C=O) groups is 2. The molecule has 0 radical (unpaired) electrons. The number of esters is 1. The lowest BCUT2D eigenvalue weighted by molar-refractivity contribution is -0.141. The van der Waals surface area contributed by atoms with Crippen LogP contribution in [0.3, 0.4) is 0 Å². The van der Waals surface area contributed by atoms with Gasteiger partial charge in [-0.25, -0.2) is 9.59 Å². The van der Waals surface area contributed by atoms with Crippen molar-refractivity contribution in [2.24, 2.45) is 0 Å². The van der Waals surface area contributed by atoms with Crippen LogP contribution in [-0.4, -0.2) is 29.4 Å². The minimum atomic E-state index is -0.846. The molecule has 0 aliphatic heterocycles. The summed E-state index contributed by atoms with van der Waals surface area (Å²) in [6, 6.07) is 26.5. The second-order valence-corrected chi connectivity index (χ2v) is 7.91. The van der Waals surface area contributed by atoms with Gasteiger partial charge in [0.1, 0.15) is 12.6 Å². The van der Waals surface area contributed by atoms with Crippen molar-refractivity contribution in [3.05, 3.63) is 114 Å². The van der Waals surface area contributed by atoms with E-state index in [1.165, 1.54) is 7.11 Å². The lowest BCUT2D eigenvalue weighted by atomic mass is 10.1. The molecular formula is C27H26N4O5. The first kappa shape index (κ1) is 24.5. The summed E-state index contributed by atoms with van der Waals surface area (Å²) >= 11 is 0. The first-order chi connectivity index (χ1) is 17.6. The molecule has 0 fully saturated rings. The molecule has 0 unspecified atom stereocenters. The Kier molecular flexibility index (Phi) is 8.27. The summed E-state index contributed by atoms with van der Waals surface area (Å²) in [4.78, 5) is 25.0. The predicted molar refractivity (Wildman–Crippen MR) is 132 cm³/mol. The molecule has 0 aliphatic rings. The molecule has 1 aromatic heterocycles. The van der Waals surface area contributed by atoms with Gasteiger partial charge >= 0.3 is 18.1 Å². The topological polar surface area (TPSA) is 116 Å². The maximum absolute atomic E-state index is 12.6. The monoisotopic (exact) mass is 486 g/mol. The van der Waals surface area contributed by atoms with E-state index in [-0.39, 0.29) is 18.5 Å². The Hall–Kier alpha value is -4.66. The molecule has 0 bridgehead atoms. The molecule has 2 atom stereocenters. The van der Waals surface area contributed by atoms with E-state index in [2.05, 4.69) is 20.8 Å². The van der Waals surface area contributed by atoms with E-state index in [1.807, 2.05) is 78.9 Å². The van der Waals surface area contributed by atoms with E-state index in [0.29, 0.717) is 12.0 Å². The summed E-state index contributed by atoms with van der Waals surface area (Å²) in [5, 5.41) is 13.9. The first-order valence-corrected chi connectivity index (χ1v) is 11.4. The van der Waals surface area contributed by atoms with Gasteiger partial charge in [0, 0.05) is 6.42 Å². The zero-order chi connectivity index (χ0) is 25.2. The van der Waals surface area contributed by atoms with Gasteiger partial charge in [-0.05, 0) is 16.7 Å². The number of nitrogens with one attached hydrogen (secondary N) is 2. The van der Waals surface area contributed by atoms with Crippen LogP contribution in [0.5, 0.6) is 0 Å². The molecule has 9 heteroatoms. The summed E-state index contributed by atoms with van der Waals surface area (Å²) in [5.74, 6) is -0.348. The molecule has 0 spiro atoms. The minimum Gasteiger partial charge on any atom is -0.467 e. The first-order valence-electron chi connectivity index (χ1n) is 11.4. The van der Waals surface area contributed by atoms with Gasteiger partial charge < -0.3 is 24.5 Å². The van der Waals surface area contributed by atoms with E-state index in [9.17, 15) is 9.59 Å². The van der Waals surface area contributed by atoms with Gasteiger partial charge in [0.2, 0.25) is 5.89 Å². The highest BCUT2D eigenvalue weighted by atomic mass is 16.5. The van der Waals surface area contributed by atoms with E-state index >= 15 is 0 Å². The lowest BCUT2D eigenvalue weighted by Gasteiger charge is -2.16. The van der Waals surface area contributed by atoms with E-state index in [0.717, 1.165) is 11.1 Å². The Balaban J connectivity index is 1.50. The van der Waals surface area contributed by atoms with Crippen molar-refractivity contribution in [1.29, 1.82) is 0 Å². The molecule has 36 heavy (non-hydrogen) atoms. The van der Waals surface area contributed by atoms with Gasteiger partial charge in [-0.3, -0.25) is 0 Å². The zero-order valence-corrected chi connectivity index (χ0v) is 19.7. The van der Waals surface area contributed by atoms with Crippen molar-refractivity contribution >= 4 is 18.1 Å². The number of hydrogen-bond acceptors (Lipinski definition) is 8. The van der Waals surface area contributed by atoms with Crippen molar-refractivity contribution in [2.45, 2.75) is 25.1 Å². The summed E-state index contributed by atoms with van der Waals surface area (Å²) in [5.41, 5.74) is 2.49. The van der Waals surface area contributed by atoms with Crippen molar-refractivity contribution < 1.29 is 23.5 Å². The Morgan fingerprint density at radius 1 is 0.861 bits per heavy atom. The fourth-order valence-electron chi connectivity index (χ4n) is 3.56. The molecule has 1 heterocycles. The Labute approximate surface area is 208 Å². The number of alkyl carbamates (subject to hydrolysis) is 1. The molecule has 0 aliphatic carbocycles. The molecule has 184 valence electrons. The van der Waals surface area contributed by atoms with Gasteiger partial charge in [-0.15, -0.1) is 5.10 Å². The van der Waals surface area contributed by atoms with E-state index in [4.69, 9.17) is 13.9 Å². The highest BCUT2D eigenvalue weighted by Crippen LogP contribution is 2.24. The van der Waals surface area contributed by atoms with Crippen LogP contribution in [0.1, 0.15) is 34.7 Å². The second-order valence-electron chi connectivity index (χ2n) is 7.91. The lowest BCUT2D eigenvalue weighted by Crippen LogP contribution is -2.30. The molecule has 4 aromatic rings. The van der Waals surface area contributed by atoms with Crippen LogP contribution in [0.25, 0.3) is 0 Å². The van der Waals surface area contributed by atoms with Gasteiger partial charge in [-0.1, -0.05) is 96.1 Å². The zero-order valence-electron chi connectivity index (χ0n) is 19.7. The Morgan fingerprint density at radius 3 is 2.11 bits per heavy atom. The average molecular weight is 487 g/mol. The highest BCUT2D eigenvalue weighted by molar-refractivity contribution is 5.80. The van der Waals surface area contributed by atoms with Crippen LogP contribution in [0.2, 0.25) is 0 Å². The van der Waals surface area contributed by atoms with E-state index in [1.54, 1.807) is 12.1 Å². The number of methoxy groups -OCH3 is 1. The molecule has 4 rings (SSSR count). The van der Waals surface area contributed by atoms with Crippen LogP contribution >= 0.6 is 0 Å². The number of benzene rings is 3. The fourth-order valence-corrected chi connectivity index (χ4v) is 3.56. The maximum Gasteiger partial charge on any atom is 0.408 e. The highest BCUT2D eigenvalue weighted by Gasteiger charge is 2.26. The quantitative estimate of drug-likeness (QED) is 0.312. The molecule has 1 amide bonds. The standard InChI is InChI=1S/C27H26N4O5/c1-34-25(32)23(21-15-9-4-10-16-21)29-26-31-30-24(36-26)22(17-19-11-5-2-6-12-19)28-27(33)35-18-20-13-7-3-8-14-20/h2-16,22-23H,17-18H2,1H3,(H,28,33)(H,29,31)/t22-,23-/m0/s1. The number of rotatable bonds is 10. The number of amides is 1. The van der Waals surface area contributed by atoms with E-state index < -0.39 is 24.1 Å².